The number of nitriles is 1. The summed E-state index contributed by atoms with van der Waals surface area (Å²) in [5, 5.41) is 13.3. The summed E-state index contributed by atoms with van der Waals surface area (Å²) in [6.45, 7) is 5.66. The fourth-order valence-corrected chi connectivity index (χ4v) is 2.71. The van der Waals surface area contributed by atoms with E-state index >= 15 is 0 Å². The lowest BCUT2D eigenvalue weighted by atomic mass is 10.0. The Labute approximate surface area is 99.4 Å². The van der Waals surface area contributed by atoms with Gasteiger partial charge in [0.25, 0.3) is 0 Å². The molecule has 1 aromatic rings. The first-order valence-corrected chi connectivity index (χ1v) is 6.20. The van der Waals surface area contributed by atoms with Gasteiger partial charge in [-0.05, 0) is 31.8 Å². The van der Waals surface area contributed by atoms with E-state index in [9.17, 15) is 0 Å². The molecule has 1 aromatic heterocycles. The maximum atomic E-state index is 9.02. The molecule has 1 aliphatic rings. The Bertz CT molecular complexity index is 404. The molecule has 2 atom stereocenters. The highest BCUT2D eigenvalue weighted by Crippen LogP contribution is 2.27. The van der Waals surface area contributed by atoms with E-state index in [0.717, 1.165) is 30.3 Å². The first-order valence-electron chi connectivity index (χ1n) is 5.43. The van der Waals surface area contributed by atoms with Crippen molar-refractivity contribution in [2.75, 3.05) is 18.5 Å². The topological polar surface area (TPSA) is 57.9 Å². The molecule has 0 aliphatic carbocycles. The Morgan fingerprint density at radius 3 is 3.12 bits per heavy atom. The molecule has 0 aromatic carbocycles. The predicted octanol–water partition coefficient (Wildman–Crippen LogP) is 2.16. The van der Waals surface area contributed by atoms with Crippen molar-refractivity contribution in [3.63, 3.8) is 0 Å². The highest BCUT2D eigenvalue weighted by molar-refractivity contribution is 7.10. The zero-order valence-corrected chi connectivity index (χ0v) is 10.3. The third-order valence-electron chi connectivity index (χ3n) is 3.01. The molecule has 5 heteroatoms. The summed E-state index contributed by atoms with van der Waals surface area (Å²) in [5.41, 5.74) is 1.49. The van der Waals surface area contributed by atoms with Crippen molar-refractivity contribution in [2.24, 2.45) is 5.92 Å². The minimum atomic E-state index is 0.328. The number of ether oxygens (including phenoxy) is 1. The van der Waals surface area contributed by atoms with Crippen LogP contribution in [0.3, 0.4) is 0 Å². The molecule has 2 unspecified atom stereocenters. The van der Waals surface area contributed by atoms with Crippen LogP contribution in [0.2, 0.25) is 0 Å². The van der Waals surface area contributed by atoms with Crippen molar-refractivity contribution in [3.05, 3.63) is 11.3 Å². The summed E-state index contributed by atoms with van der Waals surface area (Å²) in [7, 11) is 0. The van der Waals surface area contributed by atoms with Gasteiger partial charge >= 0.3 is 0 Å². The molecule has 1 N–H and O–H groups in total. The Kier molecular flexibility index (Phi) is 3.42. The maximum absolute atomic E-state index is 9.02. The molecule has 0 radical (unpaired) electrons. The van der Waals surface area contributed by atoms with Crippen LogP contribution < -0.4 is 5.32 Å². The van der Waals surface area contributed by atoms with Gasteiger partial charge in [0.1, 0.15) is 16.6 Å². The zero-order chi connectivity index (χ0) is 11.5. The van der Waals surface area contributed by atoms with Gasteiger partial charge in [-0.2, -0.15) is 9.64 Å². The largest absolute Gasteiger partial charge is 0.381 e. The molecule has 1 aliphatic heterocycles. The highest BCUT2D eigenvalue weighted by Gasteiger charge is 2.23. The number of aryl methyl sites for hydroxylation is 1. The Morgan fingerprint density at radius 1 is 1.69 bits per heavy atom. The van der Waals surface area contributed by atoms with Crippen molar-refractivity contribution in [1.29, 1.82) is 5.26 Å². The summed E-state index contributed by atoms with van der Waals surface area (Å²) in [6, 6.07) is 2.52. The fraction of sp³-hybridized carbons (Fsp3) is 0.636. The van der Waals surface area contributed by atoms with Crippen LogP contribution in [-0.2, 0) is 4.74 Å². The quantitative estimate of drug-likeness (QED) is 0.875. The van der Waals surface area contributed by atoms with Gasteiger partial charge in [0, 0.05) is 18.6 Å². The second-order valence-electron chi connectivity index (χ2n) is 4.14. The first kappa shape index (κ1) is 11.4. The average molecular weight is 237 g/mol. The second kappa shape index (κ2) is 4.81. The SMILES string of the molecule is Cc1nsc(NC(C)C2CCOC2)c1C#N. The lowest BCUT2D eigenvalue weighted by Gasteiger charge is -2.19. The molecule has 0 spiro atoms. The van der Waals surface area contributed by atoms with E-state index in [1.807, 2.05) is 6.92 Å². The van der Waals surface area contributed by atoms with Crippen LogP contribution in [0.25, 0.3) is 0 Å². The van der Waals surface area contributed by atoms with Crippen molar-refractivity contribution in [2.45, 2.75) is 26.3 Å². The predicted molar refractivity (Wildman–Crippen MR) is 63.6 cm³/mol. The van der Waals surface area contributed by atoms with Crippen LogP contribution in [0.5, 0.6) is 0 Å². The van der Waals surface area contributed by atoms with Gasteiger partial charge in [-0.25, -0.2) is 0 Å². The maximum Gasteiger partial charge on any atom is 0.127 e. The minimum absolute atomic E-state index is 0.328. The van der Waals surface area contributed by atoms with E-state index in [2.05, 4.69) is 22.7 Å². The summed E-state index contributed by atoms with van der Waals surface area (Å²) in [5.74, 6) is 0.536. The van der Waals surface area contributed by atoms with Crippen molar-refractivity contribution in [1.82, 2.24) is 4.37 Å². The van der Waals surface area contributed by atoms with Gasteiger partial charge in [-0.15, -0.1) is 0 Å². The fourth-order valence-electron chi connectivity index (χ4n) is 1.87. The highest BCUT2D eigenvalue weighted by atomic mass is 32.1. The van der Waals surface area contributed by atoms with Crippen molar-refractivity contribution >= 4 is 16.5 Å². The molecule has 1 saturated heterocycles. The number of anilines is 1. The monoisotopic (exact) mass is 237 g/mol. The molecule has 0 amide bonds. The molecule has 2 rings (SSSR count). The van der Waals surface area contributed by atoms with Gasteiger partial charge in [0.15, 0.2) is 0 Å². The van der Waals surface area contributed by atoms with Crippen LogP contribution >= 0.6 is 11.5 Å². The van der Waals surface area contributed by atoms with Crippen molar-refractivity contribution < 1.29 is 4.74 Å². The lowest BCUT2D eigenvalue weighted by Crippen LogP contribution is -2.25. The summed E-state index contributed by atoms with van der Waals surface area (Å²) in [6.07, 6.45) is 1.09. The molecular weight excluding hydrogens is 222 g/mol. The smallest absolute Gasteiger partial charge is 0.127 e. The number of aromatic nitrogens is 1. The first-order chi connectivity index (χ1) is 7.72. The van der Waals surface area contributed by atoms with Crippen LogP contribution in [-0.4, -0.2) is 23.6 Å². The minimum Gasteiger partial charge on any atom is -0.381 e. The van der Waals surface area contributed by atoms with E-state index in [0.29, 0.717) is 17.5 Å². The third kappa shape index (κ3) is 2.18. The molecule has 0 bridgehead atoms. The molecule has 4 nitrogen and oxygen atoms in total. The van der Waals surface area contributed by atoms with Gasteiger partial charge < -0.3 is 10.1 Å². The number of rotatable bonds is 3. The molecule has 2 heterocycles. The van der Waals surface area contributed by atoms with Gasteiger partial charge in [0.2, 0.25) is 0 Å². The number of hydrogen-bond donors (Lipinski definition) is 1. The van der Waals surface area contributed by atoms with Crippen LogP contribution in [0.15, 0.2) is 0 Å². The second-order valence-corrected chi connectivity index (χ2v) is 4.91. The summed E-state index contributed by atoms with van der Waals surface area (Å²) < 4.78 is 9.55. The number of nitrogens with zero attached hydrogens (tertiary/aromatic N) is 2. The molecule has 0 saturated carbocycles. The Morgan fingerprint density at radius 2 is 2.50 bits per heavy atom. The lowest BCUT2D eigenvalue weighted by molar-refractivity contribution is 0.183. The van der Waals surface area contributed by atoms with Gasteiger partial charge in [-0.3, -0.25) is 0 Å². The molecule has 86 valence electrons. The number of hydrogen-bond acceptors (Lipinski definition) is 5. The Hall–Kier alpha value is -1.12. The van der Waals surface area contributed by atoms with Crippen molar-refractivity contribution in [3.8, 4) is 6.07 Å². The van der Waals surface area contributed by atoms with E-state index < -0.39 is 0 Å². The van der Waals surface area contributed by atoms with E-state index in [1.54, 1.807) is 0 Å². The average Bonchev–Trinajstić information content (AvgIpc) is 2.88. The van der Waals surface area contributed by atoms with Crippen LogP contribution in [0.1, 0.15) is 24.6 Å². The normalized spacial score (nSPS) is 21.7. The Balaban J connectivity index is 2.05. The van der Waals surface area contributed by atoms with Crippen LogP contribution in [0, 0.1) is 24.2 Å². The zero-order valence-electron chi connectivity index (χ0n) is 9.49. The summed E-state index contributed by atoms with van der Waals surface area (Å²) in [4.78, 5) is 0. The molecule has 16 heavy (non-hydrogen) atoms. The molecular formula is C11H15N3OS. The van der Waals surface area contributed by atoms with E-state index in [-0.39, 0.29) is 0 Å². The standard InChI is InChI=1S/C11H15N3OS/c1-7(9-3-4-15-6-9)13-11-10(5-12)8(2)14-16-11/h7,9,13H,3-4,6H2,1-2H3. The third-order valence-corrected chi connectivity index (χ3v) is 3.88. The summed E-state index contributed by atoms with van der Waals surface area (Å²) >= 11 is 1.36. The number of nitrogens with one attached hydrogen (secondary N) is 1. The van der Waals surface area contributed by atoms with E-state index in [4.69, 9.17) is 10.00 Å². The van der Waals surface area contributed by atoms with Gasteiger partial charge in [0.05, 0.1) is 12.3 Å². The van der Waals surface area contributed by atoms with Gasteiger partial charge in [-0.1, -0.05) is 0 Å². The van der Waals surface area contributed by atoms with Crippen LogP contribution in [0.4, 0.5) is 5.00 Å². The molecule has 1 fully saturated rings. The van der Waals surface area contributed by atoms with E-state index in [1.165, 1.54) is 11.5 Å².